The zero-order chi connectivity index (χ0) is 15.3. The lowest BCUT2D eigenvalue weighted by Gasteiger charge is -2.58. The number of fused-ring (bicyclic) bond motifs is 3. The first-order valence-electron chi connectivity index (χ1n) is 9.16. The van der Waals surface area contributed by atoms with E-state index in [1.54, 1.807) is 5.57 Å². The highest BCUT2D eigenvalue weighted by atomic mass is 16.5. The van der Waals surface area contributed by atoms with Crippen LogP contribution in [0, 0.1) is 28.6 Å². The summed E-state index contributed by atoms with van der Waals surface area (Å²) < 4.78 is 5.62. The van der Waals surface area contributed by atoms with Gasteiger partial charge in [-0.05, 0) is 67.1 Å². The highest BCUT2D eigenvalue weighted by molar-refractivity contribution is 5.25. The van der Waals surface area contributed by atoms with Crippen LogP contribution in [0.3, 0.4) is 0 Å². The van der Waals surface area contributed by atoms with Gasteiger partial charge in [-0.15, -0.1) is 0 Å². The van der Waals surface area contributed by atoms with Gasteiger partial charge in [0.25, 0.3) is 0 Å². The second-order valence-corrected chi connectivity index (χ2v) is 8.77. The van der Waals surface area contributed by atoms with Crippen LogP contribution in [-0.2, 0) is 4.74 Å². The molecule has 5 unspecified atom stereocenters. The Balaban J connectivity index is 1.90. The number of ether oxygens (including phenoxy) is 1. The number of allylic oxidation sites excluding steroid dienone is 1. The van der Waals surface area contributed by atoms with Crippen molar-refractivity contribution in [3.05, 3.63) is 11.6 Å². The van der Waals surface area contributed by atoms with Gasteiger partial charge in [0.1, 0.15) is 0 Å². The van der Waals surface area contributed by atoms with Gasteiger partial charge in [0.05, 0.1) is 6.10 Å². The van der Waals surface area contributed by atoms with Crippen molar-refractivity contribution in [2.45, 2.75) is 78.7 Å². The summed E-state index contributed by atoms with van der Waals surface area (Å²) in [5.41, 5.74) is 2.76. The van der Waals surface area contributed by atoms with Gasteiger partial charge in [0.2, 0.25) is 0 Å². The molecule has 0 aliphatic heterocycles. The number of hydrogen-bond acceptors (Lipinski definition) is 1. The molecule has 1 heteroatoms. The molecule has 0 heterocycles. The minimum absolute atomic E-state index is 0.381. The minimum atomic E-state index is 0.381. The zero-order valence-electron chi connectivity index (χ0n) is 14.7. The maximum atomic E-state index is 5.62. The van der Waals surface area contributed by atoms with E-state index in [9.17, 15) is 0 Å². The fourth-order valence-electron chi connectivity index (χ4n) is 6.24. The first-order valence-corrected chi connectivity index (χ1v) is 9.16. The van der Waals surface area contributed by atoms with E-state index in [2.05, 4.69) is 33.8 Å². The predicted octanol–water partition coefficient (Wildman–Crippen LogP) is 5.60. The van der Waals surface area contributed by atoms with Gasteiger partial charge in [0.15, 0.2) is 0 Å². The van der Waals surface area contributed by atoms with Crippen molar-refractivity contribution in [3.63, 3.8) is 0 Å². The summed E-state index contributed by atoms with van der Waals surface area (Å²) in [6.45, 7) is 10.0. The number of hydrogen-bond donors (Lipinski definition) is 0. The van der Waals surface area contributed by atoms with Crippen LogP contribution >= 0.6 is 0 Å². The largest absolute Gasteiger partial charge is 0.377 e. The van der Waals surface area contributed by atoms with Crippen LogP contribution in [-0.4, -0.2) is 13.2 Å². The Morgan fingerprint density at radius 3 is 2.57 bits per heavy atom. The van der Waals surface area contributed by atoms with E-state index in [0.29, 0.717) is 16.9 Å². The van der Waals surface area contributed by atoms with E-state index < -0.39 is 0 Å². The van der Waals surface area contributed by atoms with Gasteiger partial charge in [-0.1, -0.05) is 45.8 Å². The quantitative estimate of drug-likeness (QED) is 0.601. The lowest BCUT2D eigenvalue weighted by atomic mass is 9.47. The highest BCUT2D eigenvalue weighted by Crippen LogP contribution is 2.62. The van der Waals surface area contributed by atoms with E-state index in [4.69, 9.17) is 4.74 Å². The Labute approximate surface area is 131 Å². The third-order valence-corrected chi connectivity index (χ3v) is 7.51. The monoisotopic (exact) mass is 290 g/mol. The predicted molar refractivity (Wildman–Crippen MR) is 89.2 cm³/mol. The van der Waals surface area contributed by atoms with Gasteiger partial charge < -0.3 is 4.74 Å². The Bertz CT molecular complexity index is 422. The SMILES string of the molecule is CCC1C2CCC3=CC(OC)CCC3(C)C2CCC1(C)C. The maximum absolute atomic E-state index is 5.62. The zero-order valence-corrected chi connectivity index (χ0v) is 14.7. The van der Waals surface area contributed by atoms with Crippen molar-refractivity contribution >= 4 is 0 Å². The molecule has 1 nitrogen and oxygen atoms in total. The van der Waals surface area contributed by atoms with Gasteiger partial charge in [-0.25, -0.2) is 0 Å². The third kappa shape index (κ3) is 2.40. The maximum Gasteiger partial charge on any atom is 0.0755 e. The van der Waals surface area contributed by atoms with E-state index >= 15 is 0 Å². The summed E-state index contributed by atoms with van der Waals surface area (Å²) in [6.07, 6.45) is 12.4. The lowest BCUT2D eigenvalue weighted by molar-refractivity contribution is -0.0516. The summed E-state index contributed by atoms with van der Waals surface area (Å²) in [5, 5.41) is 0. The van der Waals surface area contributed by atoms with Crippen molar-refractivity contribution in [2.24, 2.45) is 28.6 Å². The van der Waals surface area contributed by atoms with Crippen LogP contribution in [0.1, 0.15) is 72.6 Å². The Morgan fingerprint density at radius 2 is 1.90 bits per heavy atom. The standard InChI is InChI=1S/C20H34O/c1-6-17-16-8-7-14-13-15(21-5)9-12-20(14,4)18(16)10-11-19(17,2)3/h13,15-18H,6-12H2,1-5H3. The molecule has 5 atom stereocenters. The van der Waals surface area contributed by atoms with E-state index in [0.717, 1.165) is 17.8 Å². The molecule has 3 aliphatic rings. The molecule has 0 aromatic carbocycles. The molecule has 0 spiro atoms. The molecular formula is C20H34O. The second kappa shape index (κ2) is 5.41. The molecular weight excluding hydrogens is 256 g/mol. The van der Waals surface area contributed by atoms with Gasteiger partial charge >= 0.3 is 0 Å². The van der Waals surface area contributed by atoms with E-state index in [1.165, 1.54) is 44.9 Å². The number of rotatable bonds is 2. The minimum Gasteiger partial charge on any atom is -0.377 e. The van der Waals surface area contributed by atoms with Crippen LogP contribution in [0.15, 0.2) is 11.6 Å². The topological polar surface area (TPSA) is 9.23 Å². The molecule has 0 saturated heterocycles. The molecule has 0 amide bonds. The average Bonchev–Trinajstić information content (AvgIpc) is 2.45. The van der Waals surface area contributed by atoms with Crippen molar-refractivity contribution in [2.75, 3.05) is 7.11 Å². The fourth-order valence-corrected chi connectivity index (χ4v) is 6.24. The lowest BCUT2D eigenvalue weighted by Crippen LogP contribution is -2.50. The van der Waals surface area contributed by atoms with Crippen molar-refractivity contribution in [3.8, 4) is 0 Å². The van der Waals surface area contributed by atoms with Gasteiger partial charge in [-0.3, -0.25) is 0 Å². The third-order valence-electron chi connectivity index (χ3n) is 7.51. The molecule has 21 heavy (non-hydrogen) atoms. The average molecular weight is 290 g/mol. The molecule has 0 N–H and O–H groups in total. The summed E-state index contributed by atoms with van der Waals surface area (Å²) in [5.74, 6) is 2.81. The van der Waals surface area contributed by atoms with Gasteiger partial charge in [-0.2, -0.15) is 0 Å². The summed E-state index contributed by atoms with van der Waals surface area (Å²) in [7, 11) is 1.87. The van der Waals surface area contributed by atoms with Gasteiger partial charge in [0, 0.05) is 7.11 Å². The fraction of sp³-hybridized carbons (Fsp3) is 0.900. The van der Waals surface area contributed by atoms with Crippen molar-refractivity contribution in [1.82, 2.24) is 0 Å². The van der Waals surface area contributed by atoms with E-state index in [1.807, 2.05) is 7.11 Å². The summed E-state index contributed by atoms with van der Waals surface area (Å²) >= 11 is 0. The van der Waals surface area contributed by atoms with Crippen LogP contribution in [0.2, 0.25) is 0 Å². The molecule has 0 aromatic heterocycles. The van der Waals surface area contributed by atoms with Crippen LogP contribution in [0.5, 0.6) is 0 Å². The Hall–Kier alpha value is -0.300. The summed E-state index contributed by atoms with van der Waals surface area (Å²) in [4.78, 5) is 0. The molecule has 0 bridgehead atoms. The second-order valence-electron chi connectivity index (χ2n) is 8.77. The molecule has 0 aromatic rings. The van der Waals surface area contributed by atoms with Crippen LogP contribution < -0.4 is 0 Å². The van der Waals surface area contributed by atoms with Crippen molar-refractivity contribution < 1.29 is 4.74 Å². The van der Waals surface area contributed by atoms with Crippen LogP contribution in [0.4, 0.5) is 0 Å². The highest BCUT2D eigenvalue weighted by Gasteiger charge is 2.53. The Kier molecular flexibility index (Phi) is 4.01. The first-order chi connectivity index (χ1) is 9.92. The molecule has 2 saturated carbocycles. The molecule has 3 rings (SSSR count). The Morgan fingerprint density at radius 1 is 1.14 bits per heavy atom. The smallest absolute Gasteiger partial charge is 0.0755 e. The summed E-state index contributed by atoms with van der Waals surface area (Å²) in [6, 6.07) is 0. The van der Waals surface area contributed by atoms with Crippen molar-refractivity contribution in [1.29, 1.82) is 0 Å². The molecule has 120 valence electrons. The molecule has 0 radical (unpaired) electrons. The van der Waals surface area contributed by atoms with E-state index in [-0.39, 0.29) is 0 Å². The first kappa shape index (κ1) is 15.6. The molecule has 3 aliphatic carbocycles. The molecule has 2 fully saturated rings. The van der Waals surface area contributed by atoms with Crippen LogP contribution in [0.25, 0.3) is 0 Å². The number of methoxy groups -OCH3 is 1. The normalized spacial score (nSPS) is 45.5.